The van der Waals surface area contributed by atoms with Gasteiger partial charge in [0.1, 0.15) is 0 Å². The molecule has 0 aliphatic rings. The predicted octanol–water partition coefficient (Wildman–Crippen LogP) is 2.88. The molecule has 0 bridgehead atoms. The van der Waals surface area contributed by atoms with Crippen LogP contribution in [0.5, 0.6) is 0 Å². The van der Waals surface area contributed by atoms with E-state index in [1.165, 1.54) is 19.2 Å². The summed E-state index contributed by atoms with van der Waals surface area (Å²) in [4.78, 5) is 14.8. The Morgan fingerprint density at radius 1 is 1.33 bits per heavy atom. The second kappa shape index (κ2) is 6.44. The number of ether oxygens (including phenoxy) is 1. The molecule has 1 unspecified atom stereocenters. The standard InChI is InChI=1S/C15H14F3N3O3/c1-4-11(22)20-14(2,23-3)10-7-5-9(6-8-10)12-19-13(24-21-12)15(16,17)18/h4-8H,1H2,2-3H3,(H,20,22). The van der Waals surface area contributed by atoms with E-state index in [4.69, 9.17) is 4.74 Å². The van der Waals surface area contributed by atoms with Crippen molar-refractivity contribution in [1.82, 2.24) is 15.5 Å². The minimum Gasteiger partial charge on any atom is -0.355 e. The SMILES string of the molecule is C=CC(=O)NC(C)(OC)c1ccc(-c2noc(C(F)(F)F)n2)cc1. The van der Waals surface area contributed by atoms with Crippen LogP contribution in [-0.4, -0.2) is 23.2 Å². The second-order valence-electron chi connectivity index (χ2n) is 4.93. The highest BCUT2D eigenvalue weighted by Crippen LogP contribution is 2.30. The molecule has 2 aromatic rings. The highest BCUT2D eigenvalue weighted by Gasteiger charge is 2.38. The van der Waals surface area contributed by atoms with Gasteiger partial charge in [0.05, 0.1) is 0 Å². The van der Waals surface area contributed by atoms with Crippen molar-refractivity contribution in [2.24, 2.45) is 0 Å². The molecule has 1 aromatic carbocycles. The Bertz CT molecular complexity index is 740. The average Bonchev–Trinajstić information content (AvgIpc) is 3.05. The van der Waals surface area contributed by atoms with Crippen LogP contribution in [0, 0.1) is 0 Å². The maximum atomic E-state index is 12.5. The molecule has 0 spiro atoms. The number of benzene rings is 1. The Hall–Kier alpha value is -2.68. The third-order valence-corrected chi connectivity index (χ3v) is 3.32. The van der Waals surface area contributed by atoms with Crippen LogP contribution in [-0.2, 0) is 21.4 Å². The lowest BCUT2D eigenvalue weighted by Crippen LogP contribution is -2.44. The topological polar surface area (TPSA) is 77.2 Å². The van der Waals surface area contributed by atoms with Crippen molar-refractivity contribution in [1.29, 1.82) is 0 Å². The molecule has 1 amide bonds. The quantitative estimate of drug-likeness (QED) is 0.668. The molecular weight excluding hydrogens is 327 g/mol. The molecule has 1 N–H and O–H groups in total. The minimum absolute atomic E-state index is 0.192. The number of alkyl halides is 3. The largest absolute Gasteiger partial charge is 0.471 e. The third kappa shape index (κ3) is 3.62. The zero-order valence-electron chi connectivity index (χ0n) is 12.8. The smallest absolute Gasteiger partial charge is 0.355 e. The van der Waals surface area contributed by atoms with Crippen molar-refractivity contribution in [2.75, 3.05) is 7.11 Å². The number of carbonyl (C=O) groups excluding carboxylic acids is 1. The fourth-order valence-corrected chi connectivity index (χ4v) is 1.92. The molecule has 0 saturated carbocycles. The van der Waals surface area contributed by atoms with Crippen LogP contribution in [0.2, 0.25) is 0 Å². The molecule has 1 atom stereocenters. The number of hydrogen-bond acceptors (Lipinski definition) is 5. The highest BCUT2D eigenvalue weighted by molar-refractivity contribution is 5.87. The third-order valence-electron chi connectivity index (χ3n) is 3.32. The number of rotatable bonds is 5. The molecule has 24 heavy (non-hydrogen) atoms. The Morgan fingerprint density at radius 3 is 2.42 bits per heavy atom. The van der Waals surface area contributed by atoms with Crippen LogP contribution in [0.3, 0.4) is 0 Å². The van der Waals surface area contributed by atoms with Crippen molar-refractivity contribution >= 4 is 5.91 Å². The van der Waals surface area contributed by atoms with E-state index in [0.29, 0.717) is 11.1 Å². The summed E-state index contributed by atoms with van der Waals surface area (Å²) in [7, 11) is 1.41. The van der Waals surface area contributed by atoms with Gasteiger partial charge in [-0.3, -0.25) is 4.79 Å². The fourth-order valence-electron chi connectivity index (χ4n) is 1.92. The van der Waals surface area contributed by atoms with E-state index >= 15 is 0 Å². The monoisotopic (exact) mass is 341 g/mol. The zero-order valence-corrected chi connectivity index (χ0v) is 12.8. The van der Waals surface area contributed by atoms with E-state index in [1.807, 2.05) is 0 Å². The Labute approximate surface area is 135 Å². The van der Waals surface area contributed by atoms with Gasteiger partial charge in [-0.1, -0.05) is 36.0 Å². The molecule has 0 radical (unpaired) electrons. The number of hydrogen-bond donors (Lipinski definition) is 1. The maximum absolute atomic E-state index is 12.5. The lowest BCUT2D eigenvalue weighted by molar-refractivity contribution is -0.159. The first-order valence-electron chi connectivity index (χ1n) is 6.71. The van der Waals surface area contributed by atoms with E-state index < -0.39 is 23.7 Å². The van der Waals surface area contributed by atoms with E-state index in [-0.39, 0.29) is 5.82 Å². The number of nitrogens with zero attached hydrogens (tertiary/aromatic N) is 2. The molecule has 0 aliphatic carbocycles. The number of aromatic nitrogens is 2. The summed E-state index contributed by atoms with van der Waals surface area (Å²) in [6.07, 6.45) is -3.60. The average molecular weight is 341 g/mol. The summed E-state index contributed by atoms with van der Waals surface area (Å²) in [5.41, 5.74) is -0.229. The van der Waals surface area contributed by atoms with Crippen molar-refractivity contribution in [3.63, 3.8) is 0 Å². The lowest BCUT2D eigenvalue weighted by Gasteiger charge is -2.29. The number of carbonyl (C=O) groups is 1. The van der Waals surface area contributed by atoms with Gasteiger partial charge < -0.3 is 14.6 Å². The summed E-state index contributed by atoms with van der Waals surface area (Å²) in [5.74, 6) is -2.04. The zero-order chi connectivity index (χ0) is 18.0. The van der Waals surface area contributed by atoms with Crippen molar-refractivity contribution in [3.05, 3.63) is 48.4 Å². The molecule has 9 heteroatoms. The first-order valence-corrected chi connectivity index (χ1v) is 6.71. The van der Waals surface area contributed by atoms with Gasteiger partial charge in [0.15, 0.2) is 5.72 Å². The van der Waals surface area contributed by atoms with Crippen LogP contribution < -0.4 is 5.32 Å². The molecule has 0 saturated heterocycles. The maximum Gasteiger partial charge on any atom is 0.471 e. The summed E-state index contributed by atoms with van der Waals surface area (Å²) < 4.78 is 46.9. The molecule has 2 rings (SSSR count). The van der Waals surface area contributed by atoms with Gasteiger partial charge in [-0.25, -0.2) is 0 Å². The van der Waals surface area contributed by atoms with Crippen molar-refractivity contribution in [2.45, 2.75) is 18.8 Å². The Kier molecular flexibility index (Phi) is 4.74. The predicted molar refractivity (Wildman–Crippen MR) is 77.4 cm³/mol. The lowest BCUT2D eigenvalue weighted by atomic mass is 10.0. The normalized spacial score (nSPS) is 14.0. The molecule has 6 nitrogen and oxygen atoms in total. The van der Waals surface area contributed by atoms with Gasteiger partial charge in [-0.2, -0.15) is 18.2 Å². The molecule has 0 aliphatic heterocycles. The van der Waals surface area contributed by atoms with E-state index in [2.05, 4.69) is 26.6 Å². The van der Waals surface area contributed by atoms with E-state index in [0.717, 1.165) is 6.08 Å². The first-order chi connectivity index (χ1) is 11.2. The second-order valence-corrected chi connectivity index (χ2v) is 4.93. The summed E-state index contributed by atoms with van der Waals surface area (Å²) in [6.45, 7) is 4.99. The summed E-state index contributed by atoms with van der Waals surface area (Å²) in [5, 5.41) is 5.92. The van der Waals surface area contributed by atoms with E-state index in [9.17, 15) is 18.0 Å². The summed E-state index contributed by atoms with van der Waals surface area (Å²) in [6, 6.07) is 6.15. The number of amides is 1. The number of nitrogens with one attached hydrogen (secondary N) is 1. The van der Waals surface area contributed by atoms with Crippen LogP contribution in [0.1, 0.15) is 18.4 Å². The highest BCUT2D eigenvalue weighted by atomic mass is 19.4. The first kappa shape index (κ1) is 17.7. The van der Waals surface area contributed by atoms with Gasteiger partial charge in [-0.05, 0) is 13.0 Å². The number of methoxy groups -OCH3 is 1. The van der Waals surface area contributed by atoms with Crippen molar-refractivity contribution in [3.8, 4) is 11.4 Å². The molecule has 0 fully saturated rings. The molecule has 1 aromatic heterocycles. The van der Waals surface area contributed by atoms with Crippen LogP contribution in [0.15, 0.2) is 41.4 Å². The molecule has 128 valence electrons. The van der Waals surface area contributed by atoms with Gasteiger partial charge in [0.2, 0.25) is 11.7 Å². The van der Waals surface area contributed by atoms with Gasteiger partial charge in [-0.15, -0.1) is 0 Å². The van der Waals surface area contributed by atoms with Crippen molar-refractivity contribution < 1.29 is 27.2 Å². The number of halogens is 3. The van der Waals surface area contributed by atoms with Gasteiger partial charge in [0.25, 0.3) is 0 Å². The Balaban J connectivity index is 2.28. The molecular formula is C15H14F3N3O3. The van der Waals surface area contributed by atoms with Crippen LogP contribution in [0.25, 0.3) is 11.4 Å². The Morgan fingerprint density at radius 2 is 1.96 bits per heavy atom. The summed E-state index contributed by atoms with van der Waals surface area (Å²) >= 11 is 0. The van der Waals surface area contributed by atoms with Gasteiger partial charge in [0, 0.05) is 18.2 Å². The molecule has 1 heterocycles. The van der Waals surface area contributed by atoms with E-state index in [1.54, 1.807) is 19.1 Å². The van der Waals surface area contributed by atoms with Crippen LogP contribution >= 0.6 is 0 Å². The fraction of sp³-hybridized carbons (Fsp3) is 0.267. The van der Waals surface area contributed by atoms with Gasteiger partial charge >= 0.3 is 12.1 Å². The minimum atomic E-state index is -4.70. The van der Waals surface area contributed by atoms with Crippen LogP contribution in [0.4, 0.5) is 13.2 Å².